The lowest BCUT2D eigenvalue weighted by Crippen LogP contribution is -2.08. The van der Waals surface area contributed by atoms with E-state index in [2.05, 4.69) is 5.16 Å². The molecule has 0 saturated carbocycles. The zero-order valence-electron chi connectivity index (χ0n) is 11.4. The topological polar surface area (TPSA) is 114 Å². The summed E-state index contributed by atoms with van der Waals surface area (Å²) in [6, 6.07) is 3.97. The number of carbonyl (C=O) groups is 1. The molecule has 2 aromatic rings. The molecule has 22 heavy (non-hydrogen) atoms. The van der Waals surface area contributed by atoms with Gasteiger partial charge in [0.2, 0.25) is 6.79 Å². The van der Waals surface area contributed by atoms with E-state index in [1.54, 1.807) is 13.0 Å². The first kappa shape index (κ1) is 13.9. The molecular formula is C13H10N2O7. The number of nitrogens with zero attached hydrogens (tertiary/aromatic N) is 2. The van der Waals surface area contributed by atoms with Gasteiger partial charge in [-0.2, -0.15) is 0 Å². The van der Waals surface area contributed by atoms with Crippen LogP contribution in [0.5, 0.6) is 11.5 Å². The van der Waals surface area contributed by atoms with Gasteiger partial charge in [-0.3, -0.25) is 10.1 Å². The summed E-state index contributed by atoms with van der Waals surface area (Å²) in [5.41, 5.74) is 0.00796. The van der Waals surface area contributed by atoms with E-state index in [0.717, 1.165) is 6.07 Å². The van der Waals surface area contributed by atoms with E-state index < -0.39 is 16.6 Å². The minimum absolute atomic E-state index is 0.0532. The molecule has 2 heterocycles. The molecule has 0 spiro atoms. The Balaban J connectivity index is 1.83. The van der Waals surface area contributed by atoms with Crippen LogP contribution in [0.1, 0.15) is 21.8 Å². The normalized spacial score (nSPS) is 12.2. The van der Waals surface area contributed by atoms with Crippen LogP contribution in [0.25, 0.3) is 0 Å². The third kappa shape index (κ3) is 2.55. The number of fused-ring (bicyclic) bond motifs is 1. The highest BCUT2D eigenvalue weighted by Gasteiger charge is 2.28. The quantitative estimate of drug-likeness (QED) is 0.478. The first-order chi connectivity index (χ1) is 10.5. The summed E-state index contributed by atoms with van der Waals surface area (Å²) in [6.45, 7) is 1.49. The zero-order chi connectivity index (χ0) is 15.7. The number of benzene rings is 1. The molecule has 9 nitrogen and oxygen atoms in total. The van der Waals surface area contributed by atoms with E-state index in [1.165, 1.54) is 6.07 Å². The Bertz CT molecular complexity index is 753. The van der Waals surface area contributed by atoms with Gasteiger partial charge in [0.25, 0.3) is 5.69 Å². The number of esters is 1. The highest BCUT2D eigenvalue weighted by atomic mass is 16.7. The largest absolute Gasteiger partial charge is 0.454 e. The number of rotatable bonds is 4. The van der Waals surface area contributed by atoms with Gasteiger partial charge in [0.15, 0.2) is 23.9 Å². The molecule has 1 aromatic heterocycles. The van der Waals surface area contributed by atoms with Crippen molar-refractivity contribution in [1.29, 1.82) is 0 Å². The Hall–Kier alpha value is -3.10. The van der Waals surface area contributed by atoms with Crippen molar-refractivity contribution >= 4 is 11.7 Å². The smallest absolute Gasteiger partial charge is 0.345 e. The lowest BCUT2D eigenvalue weighted by Gasteiger charge is -2.05. The molecule has 0 unspecified atom stereocenters. The number of aromatic nitrogens is 1. The molecule has 0 atom stereocenters. The fraction of sp³-hybridized carbons (Fsp3) is 0.231. The molecule has 0 saturated heterocycles. The molecule has 1 aromatic carbocycles. The van der Waals surface area contributed by atoms with E-state index >= 15 is 0 Å². The molecule has 0 bridgehead atoms. The van der Waals surface area contributed by atoms with Crippen molar-refractivity contribution < 1.29 is 28.5 Å². The SMILES string of the molecule is Cc1cc(COC(=O)c2cc3c(cc2[N+](=O)[O-])OCO3)on1. The van der Waals surface area contributed by atoms with Gasteiger partial charge in [0.05, 0.1) is 16.7 Å². The number of hydrogen-bond acceptors (Lipinski definition) is 8. The van der Waals surface area contributed by atoms with E-state index in [0.29, 0.717) is 11.5 Å². The molecule has 1 aliphatic heterocycles. The Morgan fingerprint density at radius 2 is 2.09 bits per heavy atom. The average Bonchev–Trinajstić information content (AvgIpc) is 3.11. The zero-order valence-corrected chi connectivity index (χ0v) is 11.4. The number of ether oxygens (including phenoxy) is 3. The van der Waals surface area contributed by atoms with Crippen LogP contribution in [-0.4, -0.2) is 22.8 Å². The van der Waals surface area contributed by atoms with Crippen LogP contribution in [0.4, 0.5) is 5.69 Å². The van der Waals surface area contributed by atoms with Crippen LogP contribution < -0.4 is 9.47 Å². The monoisotopic (exact) mass is 306 g/mol. The maximum atomic E-state index is 12.1. The standard InChI is InChI=1S/C13H10N2O7/c1-7-2-8(22-14-7)5-19-13(16)9-3-11-12(21-6-20-11)4-10(9)15(17)18/h2-4H,5-6H2,1H3. The Morgan fingerprint density at radius 1 is 1.36 bits per heavy atom. The van der Waals surface area contributed by atoms with E-state index in [9.17, 15) is 14.9 Å². The summed E-state index contributed by atoms with van der Waals surface area (Å²) in [6.07, 6.45) is 0. The van der Waals surface area contributed by atoms with Crippen LogP contribution in [0.3, 0.4) is 0 Å². The summed E-state index contributed by atoms with van der Waals surface area (Å²) in [4.78, 5) is 22.5. The first-order valence-corrected chi connectivity index (χ1v) is 6.22. The van der Waals surface area contributed by atoms with Gasteiger partial charge in [-0.1, -0.05) is 5.16 Å². The van der Waals surface area contributed by atoms with Crippen molar-refractivity contribution in [3.8, 4) is 11.5 Å². The molecule has 0 amide bonds. The van der Waals surface area contributed by atoms with Crippen molar-refractivity contribution in [2.24, 2.45) is 0 Å². The summed E-state index contributed by atoms with van der Waals surface area (Å²) in [5.74, 6) is -0.0459. The van der Waals surface area contributed by atoms with Gasteiger partial charge in [0, 0.05) is 12.1 Å². The third-order valence-electron chi connectivity index (χ3n) is 2.93. The van der Waals surface area contributed by atoms with Crippen molar-refractivity contribution in [1.82, 2.24) is 5.16 Å². The second-order valence-corrected chi connectivity index (χ2v) is 4.49. The lowest BCUT2D eigenvalue weighted by molar-refractivity contribution is -0.385. The van der Waals surface area contributed by atoms with Crippen LogP contribution in [0.2, 0.25) is 0 Å². The maximum Gasteiger partial charge on any atom is 0.345 e. The van der Waals surface area contributed by atoms with E-state index in [4.69, 9.17) is 18.7 Å². The van der Waals surface area contributed by atoms with Gasteiger partial charge >= 0.3 is 5.97 Å². The molecule has 1 aliphatic rings. The number of carbonyl (C=O) groups excluding carboxylic acids is 1. The molecule has 0 N–H and O–H groups in total. The summed E-state index contributed by atoms with van der Waals surface area (Å²) < 4.78 is 20.1. The summed E-state index contributed by atoms with van der Waals surface area (Å²) >= 11 is 0. The highest BCUT2D eigenvalue weighted by Crippen LogP contribution is 2.38. The maximum absolute atomic E-state index is 12.1. The summed E-state index contributed by atoms with van der Waals surface area (Å²) in [5, 5.41) is 14.7. The third-order valence-corrected chi connectivity index (χ3v) is 2.93. The molecule has 0 radical (unpaired) electrons. The number of hydrogen-bond donors (Lipinski definition) is 0. The summed E-state index contributed by atoms with van der Waals surface area (Å²) in [7, 11) is 0. The predicted octanol–water partition coefficient (Wildman–Crippen LogP) is 1.98. The number of aryl methyl sites for hydroxylation is 1. The molecule has 0 fully saturated rings. The number of nitro benzene ring substituents is 1. The van der Waals surface area contributed by atoms with Crippen LogP contribution in [0, 0.1) is 17.0 Å². The Kier molecular flexibility index (Phi) is 3.37. The predicted molar refractivity (Wildman–Crippen MR) is 69.6 cm³/mol. The number of nitro groups is 1. The lowest BCUT2D eigenvalue weighted by atomic mass is 10.1. The molecule has 114 valence electrons. The highest BCUT2D eigenvalue weighted by molar-refractivity contribution is 5.95. The minimum Gasteiger partial charge on any atom is -0.454 e. The van der Waals surface area contributed by atoms with Crippen molar-refractivity contribution in [3.63, 3.8) is 0 Å². The van der Waals surface area contributed by atoms with Gasteiger partial charge < -0.3 is 18.7 Å². The van der Waals surface area contributed by atoms with Crippen molar-refractivity contribution in [2.75, 3.05) is 6.79 Å². The van der Waals surface area contributed by atoms with Crippen LogP contribution in [0.15, 0.2) is 22.7 Å². The van der Waals surface area contributed by atoms with Gasteiger partial charge in [-0.15, -0.1) is 0 Å². The Morgan fingerprint density at radius 3 is 2.73 bits per heavy atom. The van der Waals surface area contributed by atoms with Crippen molar-refractivity contribution in [3.05, 3.63) is 45.3 Å². The van der Waals surface area contributed by atoms with E-state index in [-0.39, 0.29) is 30.5 Å². The van der Waals surface area contributed by atoms with Crippen molar-refractivity contribution in [2.45, 2.75) is 13.5 Å². The molecule has 3 rings (SSSR count). The first-order valence-electron chi connectivity index (χ1n) is 6.22. The van der Waals surface area contributed by atoms with Crippen LogP contribution >= 0.6 is 0 Å². The van der Waals surface area contributed by atoms with Gasteiger partial charge in [-0.05, 0) is 6.92 Å². The average molecular weight is 306 g/mol. The molecular weight excluding hydrogens is 296 g/mol. The fourth-order valence-corrected chi connectivity index (χ4v) is 1.94. The van der Waals surface area contributed by atoms with Crippen LogP contribution in [-0.2, 0) is 11.3 Å². The van der Waals surface area contributed by atoms with Gasteiger partial charge in [0.1, 0.15) is 5.56 Å². The molecule has 9 heteroatoms. The fourth-order valence-electron chi connectivity index (χ4n) is 1.94. The van der Waals surface area contributed by atoms with Gasteiger partial charge in [-0.25, -0.2) is 4.79 Å². The second-order valence-electron chi connectivity index (χ2n) is 4.49. The minimum atomic E-state index is -0.862. The van der Waals surface area contributed by atoms with E-state index in [1.807, 2.05) is 0 Å². The Labute approximate surface area is 123 Å². The second kappa shape index (κ2) is 5.35. The molecule has 0 aliphatic carbocycles.